The molecule has 5 aliphatic carbocycles. The Balaban J connectivity index is -0.000000327. The summed E-state index contributed by atoms with van der Waals surface area (Å²) < 4.78 is 304. The van der Waals surface area contributed by atoms with Crippen molar-refractivity contribution >= 4 is 0 Å². The van der Waals surface area contributed by atoms with Gasteiger partial charge in [0.15, 0.2) is 5.41 Å². The van der Waals surface area contributed by atoms with Crippen LogP contribution in [-0.2, 0) is 0 Å². The highest BCUT2D eigenvalue weighted by molar-refractivity contribution is 4.98. The highest BCUT2D eigenvalue weighted by atomic mass is 19.4. The van der Waals surface area contributed by atoms with Crippen molar-refractivity contribution in [3.05, 3.63) is 0 Å². The van der Waals surface area contributed by atoms with Crippen LogP contribution in [0.2, 0.25) is 0 Å². The molecule has 0 aromatic rings. The molecule has 0 saturated heterocycles. The Kier molecular flexibility index (Phi) is 40.9. The van der Waals surface area contributed by atoms with E-state index in [9.17, 15) is 101 Å². The molecule has 0 amide bonds. The van der Waals surface area contributed by atoms with E-state index in [1.54, 1.807) is 13.8 Å². The van der Waals surface area contributed by atoms with Gasteiger partial charge in [0, 0.05) is 28.3 Å². The SMILES string of the molecule is CC1C(C)C(C(F)(F)F)C(C)C1C(F)(F)F.CC1C(F)C(C)C(F)C1F.CC1CC(C)C(C(F)(F)F)C1.CC1CCC(C)C1C.CCC(C)(C(F)(F)F)C(F)(F)F.CCC(C)(C)C.CCC(C)(C)C(F)(F)F.CCC(F)(F)C(C)C.[2H]C([2H])(C)C(C)(C)C.[2H]C1(C)C(C)CCC1C. The first-order chi connectivity index (χ1) is 42.4. The van der Waals surface area contributed by atoms with Gasteiger partial charge in [-0.25, -0.2) is 22.0 Å². The van der Waals surface area contributed by atoms with Crippen molar-refractivity contribution in [3.8, 4) is 0 Å². The largest absolute Gasteiger partial charge is 0.402 e. The summed E-state index contributed by atoms with van der Waals surface area (Å²) in [6.45, 7) is 49.3. The summed E-state index contributed by atoms with van der Waals surface area (Å²) in [5.41, 5.74) is -4.79. The summed E-state index contributed by atoms with van der Waals surface area (Å²) in [6, 6.07) is 0. The van der Waals surface area contributed by atoms with Gasteiger partial charge in [0.05, 0.1) is 23.2 Å². The van der Waals surface area contributed by atoms with Crippen molar-refractivity contribution in [2.24, 2.45) is 122 Å². The quantitative estimate of drug-likeness (QED) is 0.246. The molecule has 0 spiro atoms. The molecule has 0 heterocycles. The first-order valence-electron chi connectivity index (χ1n) is 35.1. The van der Waals surface area contributed by atoms with Crippen molar-refractivity contribution in [2.75, 3.05) is 0 Å². The van der Waals surface area contributed by atoms with Crippen LogP contribution in [0.3, 0.4) is 0 Å². The predicted molar refractivity (Wildman–Crippen MR) is 340 cm³/mol. The van der Waals surface area contributed by atoms with E-state index in [1.165, 1.54) is 101 Å². The minimum atomic E-state index is -5.24. The smallest absolute Gasteiger partial charge is 0.247 e. The molecular formula is C71H129F23. The summed E-state index contributed by atoms with van der Waals surface area (Å²) in [7, 11) is 0. The van der Waals surface area contributed by atoms with E-state index in [0.29, 0.717) is 23.7 Å². The van der Waals surface area contributed by atoms with Crippen molar-refractivity contribution < 1.29 is 105 Å². The fourth-order valence-corrected chi connectivity index (χ4v) is 10.7. The maximum absolute atomic E-state index is 12.7. The normalized spacial score (nSPS) is 33.0. The average molecular weight is 1420 g/mol. The molecule has 0 aromatic carbocycles. The van der Waals surface area contributed by atoms with Crippen LogP contribution in [0.25, 0.3) is 0 Å². The van der Waals surface area contributed by atoms with Crippen LogP contribution in [0, 0.1) is 122 Å². The van der Waals surface area contributed by atoms with E-state index in [2.05, 4.69) is 69.2 Å². The molecule has 5 rings (SSSR count). The van der Waals surface area contributed by atoms with Crippen LogP contribution in [0.4, 0.5) is 101 Å². The number of rotatable bonds is 4. The van der Waals surface area contributed by atoms with Gasteiger partial charge in [-0.3, -0.25) is 0 Å². The van der Waals surface area contributed by atoms with E-state index in [1.807, 2.05) is 27.7 Å². The Morgan fingerprint density at radius 3 is 0.745 bits per heavy atom. The van der Waals surface area contributed by atoms with Crippen molar-refractivity contribution in [2.45, 2.75) is 333 Å². The lowest BCUT2D eigenvalue weighted by Gasteiger charge is -2.32. The molecule has 5 fully saturated rings. The van der Waals surface area contributed by atoms with E-state index in [0.717, 1.165) is 38.0 Å². The van der Waals surface area contributed by atoms with Crippen molar-refractivity contribution in [1.29, 1.82) is 0 Å². The summed E-state index contributed by atoms with van der Waals surface area (Å²) in [4.78, 5) is 0. The molecule has 94 heavy (non-hydrogen) atoms. The molecule has 0 bridgehead atoms. The first-order valence-corrected chi connectivity index (χ1v) is 33.6. The number of halogens is 23. The maximum atomic E-state index is 12.7. The zero-order valence-electron chi connectivity index (χ0n) is 65.2. The molecule has 0 nitrogen and oxygen atoms in total. The molecule has 5 aliphatic rings. The van der Waals surface area contributed by atoms with Gasteiger partial charge in [0.1, 0.15) is 18.5 Å². The molecule has 0 aromatic heterocycles. The molecule has 0 N–H and O–H groups in total. The third-order valence-electron chi connectivity index (χ3n) is 20.9. The van der Waals surface area contributed by atoms with Gasteiger partial charge in [-0.05, 0) is 109 Å². The monoisotopic (exact) mass is 1420 g/mol. The van der Waals surface area contributed by atoms with Crippen LogP contribution < -0.4 is 0 Å². The number of hydrogen-bond acceptors (Lipinski definition) is 0. The lowest BCUT2D eigenvalue weighted by molar-refractivity contribution is -0.335. The Morgan fingerprint density at radius 2 is 0.670 bits per heavy atom. The Labute approximate surface area is 558 Å². The van der Waals surface area contributed by atoms with Gasteiger partial charge in [0.2, 0.25) is 5.92 Å². The van der Waals surface area contributed by atoms with Gasteiger partial charge in [-0.15, -0.1) is 0 Å². The first kappa shape index (κ1) is 94.4. The molecule has 5 saturated carbocycles. The Hall–Kier alpha value is -1.61. The fourth-order valence-electron chi connectivity index (χ4n) is 10.7. The van der Waals surface area contributed by atoms with Crippen LogP contribution in [-0.4, -0.2) is 61.5 Å². The highest BCUT2D eigenvalue weighted by Gasteiger charge is 2.66. The average Bonchev–Trinajstić information content (AvgIpc) is 1.70. The maximum Gasteiger partial charge on any atom is 0.402 e. The Morgan fingerprint density at radius 1 is 0.362 bits per heavy atom. The van der Waals surface area contributed by atoms with Crippen LogP contribution in [0.15, 0.2) is 0 Å². The third-order valence-corrected chi connectivity index (χ3v) is 20.9. The van der Waals surface area contributed by atoms with Gasteiger partial charge < -0.3 is 0 Å². The summed E-state index contributed by atoms with van der Waals surface area (Å²) in [5.74, 6) is -8.54. The van der Waals surface area contributed by atoms with Gasteiger partial charge in [-0.2, -0.15) is 79.0 Å². The van der Waals surface area contributed by atoms with Crippen LogP contribution in [0.1, 0.15) is 275 Å². The van der Waals surface area contributed by atoms with Crippen molar-refractivity contribution in [3.63, 3.8) is 0 Å². The summed E-state index contributed by atoms with van der Waals surface area (Å²) >= 11 is 0. The van der Waals surface area contributed by atoms with E-state index in [4.69, 9.17) is 4.11 Å². The molecular weight excluding hydrogens is 1290 g/mol. The second-order valence-electron chi connectivity index (χ2n) is 31.1. The van der Waals surface area contributed by atoms with Gasteiger partial charge in [-0.1, -0.05) is 232 Å². The van der Waals surface area contributed by atoms with Gasteiger partial charge in [0.25, 0.3) is 0 Å². The topological polar surface area (TPSA) is 0 Å². The Bertz CT molecular complexity index is 1950. The molecule has 0 aliphatic heterocycles. The lowest BCUT2D eigenvalue weighted by Crippen LogP contribution is -2.47. The molecule has 0 radical (unpaired) electrons. The second kappa shape index (κ2) is 40.7. The second-order valence-corrected chi connectivity index (χ2v) is 31.1. The standard InChI is InChI=1S/C10H14F6.C8H13F3.2C8H16.C7H11F3.C6H8F6.C6H11F3.C6H12F2.2C6H14/c1-4-5(2)8(10(14,15)16)6(3)7(4)9(11,12)13;1-5-3-6(2)7(4-5)8(9,10)11;2*1-6-4-5-7(2)8(6)3;1-3-5(8)4(2)7(10)6(3)9;1-3-4(2,5(7,8)9)6(10,11)12;1-4-5(2,3)6(7,8)9;1-4-6(7,8)5(2)3;2*1-5-6(2,3)4/h4-8H,1-3H3;5-7H,3-4H2,1-2H3;2*6-8H,4-5H2,1-3H3;3-7H,1-2H3;3H2,1-2H3;4H2,1-3H3;5H,4H2,1-3H3;2*5H2,1-4H3/i;;8D;;;;;;5D2;. The predicted octanol–water partition coefficient (Wildman–Crippen LogP) is 29.2. The minimum absolute atomic E-state index is 0.0509. The highest BCUT2D eigenvalue weighted by Crippen LogP contribution is 2.57. The van der Waals surface area contributed by atoms with Crippen LogP contribution in [0.5, 0.6) is 0 Å². The van der Waals surface area contributed by atoms with Crippen LogP contribution >= 0.6 is 0 Å². The van der Waals surface area contributed by atoms with E-state index < -0.39 is 138 Å². The lowest BCUT2D eigenvalue weighted by atomic mass is 9.86. The van der Waals surface area contributed by atoms with Gasteiger partial charge >= 0.3 is 37.1 Å². The summed E-state index contributed by atoms with van der Waals surface area (Å²) in [5, 5.41) is 0. The fraction of sp³-hybridized carbons (Fsp3) is 1.00. The zero-order valence-corrected chi connectivity index (χ0v) is 62.2. The molecule has 574 valence electrons. The molecule has 15 atom stereocenters. The minimum Gasteiger partial charge on any atom is -0.247 e. The zero-order chi connectivity index (χ0) is 79.5. The summed E-state index contributed by atoms with van der Waals surface area (Å²) in [6.07, 6.45) is -26.4. The third kappa shape index (κ3) is 35.6. The van der Waals surface area contributed by atoms with Crippen molar-refractivity contribution in [1.82, 2.24) is 0 Å². The van der Waals surface area contributed by atoms with E-state index in [-0.39, 0.29) is 42.9 Å². The molecule has 23 heteroatoms. The number of alkyl halides is 23. The van der Waals surface area contributed by atoms with E-state index >= 15 is 0 Å². The molecule has 15 unspecified atom stereocenters. The number of hydrogen-bond donors (Lipinski definition) is 0.